The first-order valence-corrected chi connectivity index (χ1v) is 10.7. The maximum atomic E-state index is 13.2. The SMILES string of the molecule is CC1Cc2cc(S(N)(=O)=O)ccc2N1C(=O)CN1CCN(C)c2ncccc21. The Morgan fingerprint density at radius 2 is 2.04 bits per heavy atom. The predicted molar refractivity (Wildman–Crippen MR) is 108 cm³/mol. The van der Waals surface area contributed by atoms with Gasteiger partial charge in [-0.2, -0.15) is 0 Å². The number of nitrogens with two attached hydrogens (primary N) is 1. The number of benzene rings is 1. The van der Waals surface area contributed by atoms with Crippen molar-refractivity contribution in [2.24, 2.45) is 5.14 Å². The number of amides is 1. The molecule has 1 aromatic carbocycles. The summed E-state index contributed by atoms with van der Waals surface area (Å²) in [5, 5.41) is 5.24. The molecular formula is C19H23N5O3S. The second kappa shape index (κ2) is 6.75. The molecule has 0 fully saturated rings. The molecule has 0 spiro atoms. The minimum atomic E-state index is -3.76. The van der Waals surface area contributed by atoms with Crippen LogP contribution >= 0.6 is 0 Å². The van der Waals surface area contributed by atoms with Crippen LogP contribution in [0.5, 0.6) is 0 Å². The van der Waals surface area contributed by atoms with Crippen LogP contribution in [0.3, 0.4) is 0 Å². The third kappa shape index (κ3) is 3.20. The number of rotatable bonds is 3. The number of hydrogen-bond acceptors (Lipinski definition) is 6. The first-order valence-electron chi connectivity index (χ1n) is 9.14. The van der Waals surface area contributed by atoms with Crippen molar-refractivity contribution in [3.8, 4) is 0 Å². The maximum absolute atomic E-state index is 13.2. The highest BCUT2D eigenvalue weighted by Crippen LogP contribution is 2.35. The van der Waals surface area contributed by atoms with E-state index in [1.807, 2.05) is 31.0 Å². The third-order valence-corrected chi connectivity index (χ3v) is 6.27. The number of nitrogens with zero attached hydrogens (tertiary/aromatic N) is 4. The number of pyridine rings is 1. The Kier molecular flexibility index (Phi) is 4.51. The normalized spacial score (nSPS) is 18.8. The summed E-state index contributed by atoms with van der Waals surface area (Å²) >= 11 is 0. The summed E-state index contributed by atoms with van der Waals surface area (Å²) in [5.41, 5.74) is 2.53. The van der Waals surface area contributed by atoms with Crippen molar-refractivity contribution < 1.29 is 13.2 Å². The van der Waals surface area contributed by atoms with Gasteiger partial charge in [-0.3, -0.25) is 4.79 Å². The minimum absolute atomic E-state index is 0.0195. The van der Waals surface area contributed by atoms with E-state index in [1.54, 1.807) is 23.2 Å². The van der Waals surface area contributed by atoms with Crippen LogP contribution in [-0.4, -0.2) is 52.0 Å². The van der Waals surface area contributed by atoms with E-state index in [4.69, 9.17) is 5.14 Å². The number of carbonyl (C=O) groups is 1. The van der Waals surface area contributed by atoms with Gasteiger partial charge < -0.3 is 14.7 Å². The largest absolute Gasteiger partial charge is 0.357 e. The van der Waals surface area contributed by atoms with Gasteiger partial charge in [0.15, 0.2) is 5.82 Å². The van der Waals surface area contributed by atoms with E-state index in [2.05, 4.69) is 9.88 Å². The zero-order valence-corrected chi connectivity index (χ0v) is 16.7. The van der Waals surface area contributed by atoms with Gasteiger partial charge in [0.1, 0.15) is 0 Å². The van der Waals surface area contributed by atoms with E-state index in [-0.39, 0.29) is 23.4 Å². The molecule has 8 nitrogen and oxygen atoms in total. The average molecular weight is 401 g/mol. The van der Waals surface area contributed by atoms with Crippen molar-refractivity contribution in [3.63, 3.8) is 0 Å². The van der Waals surface area contributed by atoms with Crippen LogP contribution in [0, 0.1) is 0 Å². The van der Waals surface area contributed by atoms with Crippen molar-refractivity contribution in [1.29, 1.82) is 0 Å². The van der Waals surface area contributed by atoms with Crippen molar-refractivity contribution >= 4 is 33.1 Å². The Hall–Kier alpha value is -2.65. The first kappa shape index (κ1) is 18.7. The van der Waals surface area contributed by atoms with E-state index >= 15 is 0 Å². The molecule has 0 saturated carbocycles. The molecule has 1 amide bonds. The molecule has 0 aliphatic carbocycles. The van der Waals surface area contributed by atoms with E-state index in [1.165, 1.54) is 6.07 Å². The molecule has 9 heteroatoms. The number of carbonyl (C=O) groups excluding carboxylic acids is 1. The van der Waals surface area contributed by atoms with Gasteiger partial charge in [0.05, 0.1) is 17.1 Å². The van der Waals surface area contributed by atoms with E-state index in [9.17, 15) is 13.2 Å². The van der Waals surface area contributed by atoms with Gasteiger partial charge in [0.25, 0.3) is 0 Å². The summed E-state index contributed by atoms with van der Waals surface area (Å²) in [6, 6.07) is 8.52. The zero-order chi connectivity index (χ0) is 20.1. The molecule has 2 aromatic rings. The Labute approximate surface area is 164 Å². The van der Waals surface area contributed by atoms with Gasteiger partial charge in [0, 0.05) is 38.1 Å². The molecule has 1 atom stereocenters. The summed E-state index contributed by atoms with van der Waals surface area (Å²) in [7, 11) is -1.77. The number of sulfonamides is 1. The standard InChI is InChI=1S/C19H23N5O3S/c1-13-10-14-11-15(28(20,26)27)5-6-16(14)24(13)18(25)12-23-9-8-22(2)19-17(23)4-3-7-21-19/h3-7,11,13H,8-10,12H2,1-2H3,(H2,20,26,27). The molecule has 4 rings (SSSR count). The van der Waals surface area contributed by atoms with Gasteiger partial charge in [-0.25, -0.2) is 18.5 Å². The van der Waals surface area contributed by atoms with E-state index in [0.29, 0.717) is 6.42 Å². The van der Waals surface area contributed by atoms with Gasteiger partial charge in [0.2, 0.25) is 15.9 Å². The number of likely N-dealkylation sites (N-methyl/N-ethyl adjacent to an activating group) is 1. The molecule has 2 aliphatic rings. The van der Waals surface area contributed by atoms with Crippen molar-refractivity contribution in [2.75, 3.05) is 41.4 Å². The monoisotopic (exact) mass is 401 g/mol. The number of primary sulfonamides is 1. The van der Waals surface area contributed by atoms with Crippen LogP contribution in [0.4, 0.5) is 17.2 Å². The van der Waals surface area contributed by atoms with Crippen LogP contribution in [0.1, 0.15) is 12.5 Å². The van der Waals surface area contributed by atoms with Crippen LogP contribution in [0.15, 0.2) is 41.4 Å². The Morgan fingerprint density at radius 3 is 2.79 bits per heavy atom. The van der Waals surface area contributed by atoms with Crippen molar-refractivity contribution in [3.05, 3.63) is 42.1 Å². The number of aromatic nitrogens is 1. The zero-order valence-electron chi connectivity index (χ0n) is 15.9. The lowest BCUT2D eigenvalue weighted by atomic mass is 10.1. The second-order valence-corrected chi connectivity index (χ2v) is 8.90. The molecule has 1 aromatic heterocycles. The van der Waals surface area contributed by atoms with Gasteiger partial charge in [-0.1, -0.05) is 0 Å². The second-order valence-electron chi connectivity index (χ2n) is 7.34. The molecule has 1 unspecified atom stereocenters. The molecule has 148 valence electrons. The molecular weight excluding hydrogens is 378 g/mol. The summed E-state index contributed by atoms with van der Waals surface area (Å²) in [6.45, 7) is 3.74. The quantitative estimate of drug-likeness (QED) is 0.822. The van der Waals surface area contributed by atoms with Gasteiger partial charge in [-0.15, -0.1) is 0 Å². The maximum Gasteiger partial charge on any atom is 0.246 e. The molecule has 0 bridgehead atoms. The third-order valence-electron chi connectivity index (χ3n) is 5.36. The predicted octanol–water partition coefficient (Wildman–Crippen LogP) is 0.963. The molecule has 3 heterocycles. The lowest BCUT2D eigenvalue weighted by Gasteiger charge is -2.36. The molecule has 28 heavy (non-hydrogen) atoms. The van der Waals surface area contributed by atoms with Gasteiger partial charge >= 0.3 is 0 Å². The first-order chi connectivity index (χ1) is 13.3. The van der Waals surface area contributed by atoms with E-state index < -0.39 is 10.0 Å². The highest BCUT2D eigenvalue weighted by molar-refractivity contribution is 7.89. The van der Waals surface area contributed by atoms with Gasteiger partial charge in [-0.05, 0) is 49.2 Å². The average Bonchev–Trinajstić information content (AvgIpc) is 2.98. The minimum Gasteiger partial charge on any atom is -0.357 e. The highest BCUT2D eigenvalue weighted by Gasteiger charge is 2.33. The molecule has 2 N–H and O–H groups in total. The van der Waals surface area contributed by atoms with Crippen molar-refractivity contribution in [2.45, 2.75) is 24.3 Å². The fraction of sp³-hybridized carbons (Fsp3) is 0.368. The van der Waals surface area contributed by atoms with Crippen LogP contribution < -0.4 is 19.8 Å². The van der Waals surface area contributed by atoms with Crippen LogP contribution in [0.2, 0.25) is 0 Å². The van der Waals surface area contributed by atoms with Crippen molar-refractivity contribution in [1.82, 2.24) is 4.98 Å². The molecule has 0 saturated heterocycles. The van der Waals surface area contributed by atoms with Crippen LogP contribution in [-0.2, 0) is 21.2 Å². The van der Waals surface area contributed by atoms with E-state index in [0.717, 1.165) is 35.8 Å². The highest BCUT2D eigenvalue weighted by atomic mass is 32.2. The number of hydrogen-bond donors (Lipinski definition) is 1. The summed E-state index contributed by atoms with van der Waals surface area (Å²) in [5.74, 6) is 0.850. The summed E-state index contributed by atoms with van der Waals surface area (Å²) < 4.78 is 23.2. The fourth-order valence-electron chi connectivity index (χ4n) is 3.99. The number of anilines is 3. The smallest absolute Gasteiger partial charge is 0.246 e. The summed E-state index contributed by atoms with van der Waals surface area (Å²) in [6.07, 6.45) is 2.35. The Morgan fingerprint density at radius 1 is 1.25 bits per heavy atom. The lowest BCUT2D eigenvalue weighted by molar-refractivity contribution is -0.117. The number of fused-ring (bicyclic) bond motifs is 2. The summed E-state index contributed by atoms with van der Waals surface area (Å²) in [4.78, 5) is 23.6. The Balaban J connectivity index is 1.60. The fourth-order valence-corrected chi connectivity index (χ4v) is 4.56. The topological polar surface area (TPSA) is 99.8 Å². The lowest BCUT2D eigenvalue weighted by Crippen LogP contribution is -2.47. The Bertz CT molecular complexity index is 1040. The molecule has 0 radical (unpaired) electrons. The molecule has 2 aliphatic heterocycles. The van der Waals surface area contributed by atoms with Crippen LogP contribution in [0.25, 0.3) is 0 Å².